The Morgan fingerprint density at radius 1 is 1.82 bits per heavy atom. The second kappa shape index (κ2) is 4.10. The van der Waals surface area contributed by atoms with E-state index in [-0.39, 0.29) is 12.7 Å². The van der Waals surface area contributed by atoms with E-state index in [1.807, 2.05) is 0 Å². The van der Waals surface area contributed by atoms with Gasteiger partial charge in [0.1, 0.15) is 6.10 Å². The molecule has 0 saturated carbocycles. The summed E-state index contributed by atoms with van der Waals surface area (Å²) in [6.45, 7) is 3.59. The molecule has 0 N–H and O–H groups in total. The van der Waals surface area contributed by atoms with E-state index in [1.165, 1.54) is 5.41 Å². The molecule has 1 rings (SSSR count). The largest absolute Gasteiger partial charge is 0.305 e. The molecule has 0 amide bonds. The van der Waals surface area contributed by atoms with Crippen LogP contribution in [0.2, 0.25) is 0 Å². The second-order valence-corrected chi connectivity index (χ2v) is 4.19. The van der Waals surface area contributed by atoms with Crippen molar-refractivity contribution in [1.82, 2.24) is 0 Å². The van der Waals surface area contributed by atoms with E-state index in [0.29, 0.717) is 5.75 Å². The van der Waals surface area contributed by atoms with E-state index in [0.717, 1.165) is 0 Å². The van der Waals surface area contributed by atoms with Crippen LogP contribution in [0.4, 0.5) is 0 Å². The van der Waals surface area contributed by atoms with Crippen molar-refractivity contribution in [3.05, 3.63) is 12.0 Å². The summed E-state index contributed by atoms with van der Waals surface area (Å²) in [5.74, 6) is 0.301. The summed E-state index contributed by atoms with van der Waals surface area (Å²) in [6, 6.07) is 0. The minimum atomic E-state index is -1.64. The summed E-state index contributed by atoms with van der Waals surface area (Å²) < 4.78 is 30.6. The molecule has 0 radical (unpaired) electrons. The Bertz CT molecular complexity index is 203. The molecule has 0 bridgehead atoms. The standard InChI is InChI=1S/C5H8O4S2/c1-2-10(6)4-5-3-8-11(7)9-5/h2,5H,1,3-4H2. The van der Waals surface area contributed by atoms with Crippen LogP contribution in [-0.2, 0) is 30.5 Å². The Morgan fingerprint density at radius 2 is 2.55 bits per heavy atom. The number of hydrogen-bond donors (Lipinski definition) is 0. The maximum atomic E-state index is 10.8. The quantitative estimate of drug-likeness (QED) is 0.631. The van der Waals surface area contributed by atoms with Crippen molar-refractivity contribution in [2.45, 2.75) is 6.10 Å². The predicted octanol–water partition coefficient (Wildman–Crippen LogP) is -0.127. The van der Waals surface area contributed by atoms with Crippen LogP contribution >= 0.6 is 0 Å². The van der Waals surface area contributed by atoms with Crippen LogP contribution in [-0.4, -0.2) is 26.9 Å². The van der Waals surface area contributed by atoms with Crippen molar-refractivity contribution in [2.75, 3.05) is 12.4 Å². The third kappa shape index (κ3) is 2.82. The summed E-state index contributed by atoms with van der Waals surface area (Å²) in [5.41, 5.74) is 0. The van der Waals surface area contributed by atoms with Crippen LogP contribution in [0.15, 0.2) is 12.0 Å². The van der Waals surface area contributed by atoms with Crippen LogP contribution in [0, 0.1) is 0 Å². The fourth-order valence-corrected chi connectivity index (χ4v) is 2.04. The lowest BCUT2D eigenvalue weighted by Crippen LogP contribution is -2.17. The first kappa shape index (κ1) is 9.05. The van der Waals surface area contributed by atoms with Gasteiger partial charge in [0, 0.05) is 10.8 Å². The Kier molecular flexibility index (Phi) is 3.38. The van der Waals surface area contributed by atoms with E-state index in [1.54, 1.807) is 0 Å². The van der Waals surface area contributed by atoms with Crippen LogP contribution in [0.5, 0.6) is 0 Å². The molecule has 1 fully saturated rings. The zero-order chi connectivity index (χ0) is 8.27. The second-order valence-electron chi connectivity index (χ2n) is 1.92. The van der Waals surface area contributed by atoms with E-state index in [4.69, 9.17) is 4.18 Å². The summed E-state index contributed by atoms with van der Waals surface area (Å²) in [7, 11) is -1.11. The summed E-state index contributed by atoms with van der Waals surface area (Å²) >= 11 is -1.64. The van der Waals surface area contributed by atoms with Crippen molar-refractivity contribution in [1.29, 1.82) is 0 Å². The van der Waals surface area contributed by atoms with Gasteiger partial charge in [0.2, 0.25) is 0 Å². The Morgan fingerprint density at radius 3 is 3.00 bits per heavy atom. The zero-order valence-corrected chi connectivity index (χ0v) is 7.36. The molecule has 0 aromatic heterocycles. The Balaban J connectivity index is 2.33. The molecule has 6 heteroatoms. The molecule has 3 atom stereocenters. The van der Waals surface area contributed by atoms with E-state index in [2.05, 4.69) is 10.8 Å². The van der Waals surface area contributed by atoms with Gasteiger partial charge < -0.3 is 0 Å². The van der Waals surface area contributed by atoms with E-state index < -0.39 is 22.2 Å². The van der Waals surface area contributed by atoms with Gasteiger partial charge in [0.25, 0.3) is 0 Å². The molecule has 0 aromatic carbocycles. The fourth-order valence-electron chi connectivity index (χ4n) is 0.625. The van der Waals surface area contributed by atoms with Crippen LogP contribution in [0.1, 0.15) is 0 Å². The van der Waals surface area contributed by atoms with Crippen molar-refractivity contribution in [3.8, 4) is 0 Å². The molecule has 0 aromatic rings. The lowest BCUT2D eigenvalue weighted by molar-refractivity contribution is 0.266. The molecule has 1 saturated heterocycles. The molecule has 64 valence electrons. The average molecular weight is 196 g/mol. The third-order valence-corrected chi connectivity index (χ3v) is 2.93. The van der Waals surface area contributed by atoms with Crippen LogP contribution in [0.25, 0.3) is 0 Å². The van der Waals surface area contributed by atoms with Gasteiger partial charge in [-0.1, -0.05) is 6.58 Å². The van der Waals surface area contributed by atoms with Crippen LogP contribution in [0.3, 0.4) is 0 Å². The summed E-state index contributed by atoms with van der Waals surface area (Å²) in [5, 5.41) is 1.32. The first-order valence-electron chi connectivity index (χ1n) is 2.94. The third-order valence-electron chi connectivity index (χ3n) is 1.10. The number of rotatable bonds is 3. The van der Waals surface area contributed by atoms with Gasteiger partial charge in [-0.2, -0.15) is 4.21 Å². The SMILES string of the molecule is C=CS(=O)CC1COS(=O)O1. The van der Waals surface area contributed by atoms with Crippen molar-refractivity contribution < 1.29 is 16.8 Å². The maximum absolute atomic E-state index is 10.8. The van der Waals surface area contributed by atoms with Crippen molar-refractivity contribution in [2.24, 2.45) is 0 Å². The highest BCUT2D eigenvalue weighted by Gasteiger charge is 2.24. The molecule has 3 unspecified atom stereocenters. The molecular weight excluding hydrogens is 188 g/mol. The Hall–Kier alpha value is -0.0400. The van der Waals surface area contributed by atoms with Crippen molar-refractivity contribution >= 4 is 22.2 Å². The lowest BCUT2D eigenvalue weighted by atomic mass is 10.4. The summed E-state index contributed by atoms with van der Waals surface area (Å²) in [4.78, 5) is 0. The van der Waals surface area contributed by atoms with E-state index >= 15 is 0 Å². The molecule has 11 heavy (non-hydrogen) atoms. The molecule has 0 aliphatic carbocycles. The minimum Gasteiger partial charge on any atom is -0.266 e. The zero-order valence-electron chi connectivity index (χ0n) is 5.73. The molecule has 1 aliphatic rings. The smallest absolute Gasteiger partial charge is 0.266 e. The first-order valence-corrected chi connectivity index (χ1v) is 5.32. The Labute approximate surface area is 69.9 Å². The predicted molar refractivity (Wildman–Crippen MR) is 42.2 cm³/mol. The van der Waals surface area contributed by atoms with Crippen molar-refractivity contribution in [3.63, 3.8) is 0 Å². The highest BCUT2D eigenvalue weighted by atomic mass is 32.2. The molecule has 1 heterocycles. The normalized spacial score (nSPS) is 33.5. The highest BCUT2D eigenvalue weighted by Crippen LogP contribution is 2.09. The van der Waals surface area contributed by atoms with Gasteiger partial charge in [-0.25, -0.2) is 0 Å². The monoisotopic (exact) mass is 196 g/mol. The minimum absolute atomic E-state index is 0.242. The van der Waals surface area contributed by atoms with Gasteiger partial charge >= 0.3 is 11.4 Å². The topological polar surface area (TPSA) is 52.6 Å². The molecule has 1 aliphatic heterocycles. The maximum Gasteiger partial charge on any atom is 0.305 e. The van der Waals surface area contributed by atoms with Gasteiger partial charge in [-0.3, -0.25) is 12.6 Å². The molecular formula is C5H8O4S2. The fraction of sp³-hybridized carbons (Fsp3) is 0.600. The molecule has 0 spiro atoms. The van der Waals surface area contributed by atoms with Gasteiger partial charge in [-0.15, -0.1) is 0 Å². The van der Waals surface area contributed by atoms with Crippen LogP contribution < -0.4 is 0 Å². The highest BCUT2D eigenvalue weighted by molar-refractivity contribution is 7.88. The van der Waals surface area contributed by atoms with Gasteiger partial charge in [-0.05, 0) is 5.41 Å². The average Bonchev–Trinajstić information content (AvgIpc) is 2.35. The molecule has 4 nitrogen and oxygen atoms in total. The number of hydrogen-bond acceptors (Lipinski definition) is 4. The van der Waals surface area contributed by atoms with Gasteiger partial charge in [0.15, 0.2) is 0 Å². The first-order chi connectivity index (χ1) is 5.22. The summed E-state index contributed by atoms with van der Waals surface area (Å²) in [6.07, 6.45) is -0.324. The lowest BCUT2D eigenvalue weighted by Gasteiger charge is -2.00. The van der Waals surface area contributed by atoms with E-state index in [9.17, 15) is 8.42 Å². The van der Waals surface area contributed by atoms with Gasteiger partial charge in [0.05, 0.1) is 12.4 Å².